The molecule has 6 heteroatoms. The third-order valence-corrected chi connectivity index (χ3v) is 3.57. The highest BCUT2D eigenvalue weighted by Gasteiger charge is 2.29. The molecule has 1 aromatic carbocycles. The Morgan fingerprint density at radius 2 is 2.15 bits per heavy atom. The smallest absolute Gasteiger partial charge is 0.303 e. The van der Waals surface area contributed by atoms with Gasteiger partial charge in [-0.1, -0.05) is 17.7 Å². The maximum atomic E-state index is 11.9. The third-order valence-electron chi connectivity index (χ3n) is 3.26. The summed E-state index contributed by atoms with van der Waals surface area (Å²) in [6.45, 7) is 3.50. The van der Waals surface area contributed by atoms with Crippen LogP contribution in [0.3, 0.4) is 0 Å². The van der Waals surface area contributed by atoms with Crippen LogP contribution in [-0.4, -0.2) is 41.5 Å². The lowest BCUT2D eigenvalue weighted by atomic mass is 9.96. The first-order chi connectivity index (χ1) is 9.44. The topological polar surface area (TPSA) is 69.6 Å². The molecule has 0 aliphatic carbocycles. The maximum Gasteiger partial charge on any atom is 0.303 e. The van der Waals surface area contributed by atoms with E-state index in [1.54, 1.807) is 12.1 Å². The highest BCUT2D eigenvalue weighted by molar-refractivity contribution is 6.33. The van der Waals surface area contributed by atoms with Crippen LogP contribution in [0.2, 0.25) is 5.02 Å². The summed E-state index contributed by atoms with van der Waals surface area (Å²) in [4.78, 5) is 24.3. The maximum absolute atomic E-state index is 11.9. The van der Waals surface area contributed by atoms with E-state index in [0.29, 0.717) is 23.8 Å². The van der Waals surface area contributed by atoms with Gasteiger partial charge in [-0.05, 0) is 30.5 Å². The summed E-state index contributed by atoms with van der Waals surface area (Å²) in [7, 11) is 0. The van der Waals surface area contributed by atoms with Gasteiger partial charge in [0.05, 0.1) is 23.7 Å². The Bertz CT molecular complexity index is 527. The molecule has 20 heavy (non-hydrogen) atoms. The van der Waals surface area contributed by atoms with E-state index in [9.17, 15) is 9.59 Å². The number of carboxylic acids is 1. The van der Waals surface area contributed by atoms with Gasteiger partial charge in [0.2, 0.25) is 5.91 Å². The second-order valence-electron chi connectivity index (χ2n) is 5.19. The van der Waals surface area contributed by atoms with Crippen LogP contribution in [0, 0.1) is 12.8 Å². The zero-order valence-electron chi connectivity index (χ0n) is 11.2. The predicted molar refractivity (Wildman–Crippen MR) is 77.0 cm³/mol. The number of nitrogens with zero attached hydrogens (tertiary/aromatic N) is 1. The Kier molecular flexibility index (Phi) is 4.62. The number of hydrogen-bond acceptors (Lipinski definition) is 3. The molecule has 1 aromatic rings. The number of benzene rings is 1. The van der Waals surface area contributed by atoms with Gasteiger partial charge in [-0.3, -0.25) is 14.5 Å². The molecule has 1 aliphatic rings. The Morgan fingerprint density at radius 1 is 1.45 bits per heavy atom. The SMILES string of the molecule is Cc1ccc(NC(=O)CN2CC(CC(=O)O)C2)c(Cl)c1. The zero-order valence-corrected chi connectivity index (χ0v) is 12.0. The molecule has 0 bridgehead atoms. The molecule has 0 radical (unpaired) electrons. The summed E-state index contributed by atoms with van der Waals surface area (Å²) in [6, 6.07) is 5.45. The molecular weight excluding hydrogens is 280 g/mol. The molecule has 5 nitrogen and oxygen atoms in total. The fourth-order valence-electron chi connectivity index (χ4n) is 2.30. The average Bonchev–Trinajstić information content (AvgIpc) is 2.29. The van der Waals surface area contributed by atoms with Gasteiger partial charge in [0.25, 0.3) is 0 Å². The first kappa shape index (κ1) is 14.8. The molecule has 0 aromatic heterocycles. The molecule has 1 saturated heterocycles. The van der Waals surface area contributed by atoms with Crippen molar-refractivity contribution in [2.24, 2.45) is 5.92 Å². The lowest BCUT2D eigenvalue weighted by molar-refractivity contribution is -0.139. The summed E-state index contributed by atoms with van der Waals surface area (Å²) in [6.07, 6.45) is 0.169. The number of likely N-dealkylation sites (tertiary alicyclic amines) is 1. The van der Waals surface area contributed by atoms with Gasteiger partial charge in [-0.2, -0.15) is 0 Å². The fourth-order valence-corrected chi connectivity index (χ4v) is 2.58. The lowest BCUT2D eigenvalue weighted by Crippen LogP contribution is -2.50. The first-order valence-electron chi connectivity index (χ1n) is 6.44. The molecule has 2 rings (SSSR count). The molecule has 1 aliphatic heterocycles. The molecule has 1 fully saturated rings. The summed E-state index contributed by atoms with van der Waals surface area (Å²) in [5, 5.41) is 11.9. The van der Waals surface area contributed by atoms with Crippen molar-refractivity contribution < 1.29 is 14.7 Å². The average molecular weight is 297 g/mol. The van der Waals surface area contributed by atoms with Gasteiger partial charge in [0.15, 0.2) is 0 Å². The van der Waals surface area contributed by atoms with Crippen molar-refractivity contribution in [3.05, 3.63) is 28.8 Å². The highest BCUT2D eigenvalue weighted by atomic mass is 35.5. The van der Waals surface area contributed by atoms with E-state index in [4.69, 9.17) is 16.7 Å². The monoisotopic (exact) mass is 296 g/mol. The molecular formula is C14H17ClN2O3. The summed E-state index contributed by atoms with van der Waals surface area (Å²) >= 11 is 6.04. The number of carbonyl (C=O) groups excluding carboxylic acids is 1. The van der Waals surface area contributed by atoms with E-state index in [1.807, 2.05) is 17.9 Å². The number of carboxylic acid groups (broad SMARTS) is 1. The van der Waals surface area contributed by atoms with E-state index in [1.165, 1.54) is 0 Å². The van der Waals surface area contributed by atoms with Crippen LogP contribution in [0.5, 0.6) is 0 Å². The van der Waals surface area contributed by atoms with Crippen LogP contribution < -0.4 is 5.32 Å². The number of rotatable bonds is 5. The van der Waals surface area contributed by atoms with Crippen LogP contribution in [0.15, 0.2) is 18.2 Å². The van der Waals surface area contributed by atoms with Gasteiger partial charge >= 0.3 is 5.97 Å². The van der Waals surface area contributed by atoms with E-state index >= 15 is 0 Å². The Morgan fingerprint density at radius 3 is 2.75 bits per heavy atom. The van der Waals surface area contributed by atoms with Crippen molar-refractivity contribution in [3.63, 3.8) is 0 Å². The standard InChI is InChI=1S/C14H17ClN2O3/c1-9-2-3-12(11(15)4-9)16-13(18)8-17-6-10(7-17)5-14(19)20/h2-4,10H,5-8H2,1H3,(H,16,18)(H,19,20). The van der Waals surface area contributed by atoms with Gasteiger partial charge in [-0.15, -0.1) is 0 Å². The van der Waals surface area contributed by atoms with Crippen molar-refractivity contribution in [3.8, 4) is 0 Å². The lowest BCUT2D eigenvalue weighted by Gasteiger charge is -2.37. The number of aliphatic carboxylic acids is 1. The minimum Gasteiger partial charge on any atom is -0.481 e. The molecule has 108 valence electrons. The van der Waals surface area contributed by atoms with E-state index in [2.05, 4.69) is 5.32 Å². The number of halogens is 1. The minimum absolute atomic E-state index is 0.135. The first-order valence-corrected chi connectivity index (χ1v) is 6.82. The van der Waals surface area contributed by atoms with Crippen molar-refractivity contribution in [2.45, 2.75) is 13.3 Å². The van der Waals surface area contributed by atoms with Gasteiger partial charge in [0.1, 0.15) is 0 Å². The van der Waals surface area contributed by atoms with Crippen LogP contribution in [-0.2, 0) is 9.59 Å². The van der Waals surface area contributed by atoms with E-state index in [0.717, 1.165) is 5.56 Å². The summed E-state index contributed by atoms with van der Waals surface area (Å²) in [5.41, 5.74) is 1.64. The van der Waals surface area contributed by atoms with Gasteiger partial charge in [0, 0.05) is 13.1 Å². The molecule has 1 heterocycles. The molecule has 0 unspecified atom stereocenters. The van der Waals surface area contributed by atoms with Crippen molar-refractivity contribution >= 4 is 29.2 Å². The zero-order chi connectivity index (χ0) is 14.7. The molecule has 0 saturated carbocycles. The number of amides is 1. The van der Waals surface area contributed by atoms with Crippen molar-refractivity contribution in [1.29, 1.82) is 0 Å². The number of nitrogens with one attached hydrogen (secondary N) is 1. The largest absolute Gasteiger partial charge is 0.481 e. The van der Waals surface area contributed by atoms with Crippen LogP contribution in [0.1, 0.15) is 12.0 Å². The van der Waals surface area contributed by atoms with E-state index in [-0.39, 0.29) is 24.8 Å². The van der Waals surface area contributed by atoms with E-state index < -0.39 is 5.97 Å². The summed E-state index contributed by atoms with van der Waals surface area (Å²) < 4.78 is 0. The highest BCUT2D eigenvalue weighted by Crippen LogP contribution is 2.23. The predicted octanol–water partition coefficient (Wildman–Crippen LogP) is 1.99. The Labute approximate surface area is 122 Å². The van der Waals surface area contributed by atoms with Crippen LogP contribution >= 0.6 is 11.6 Å². The molecule has 0 spiro atoms. The van der Waals surface area contributed by atoms with Crippen LogP contribution in [0.4, 0.5) is 5.69 Å². The number of anilines is 1. The van der Waals surface area contributed by atoms with Crippen molar-refractivity contribution in [1.82, 2.24) is 4.90 Å². The Balaban J connectivity index is 1.78. The number of aryl methyl sites for hydroxylation is 1. The summed E-state index contributed by atoms with van der Waals surface area (Å²) in [5.74, 6) is -0.765. The van der Waals surface area contributed by atoms with Gasteiger partial charge in [-0.25, -0.2) is 0 Å². The molecule has 1 amide bonds. The second kappa shape index (κ2) is 6.24. The van der Waals surface area contributed by atoms with Crippen LogP contribution in [0.25, 0.3) is 0 Å². The number of carbonyl (C=O) groups is 2. The fraction of sp³-hybridized carbons (Fsp3) is 0.429. The second-order valence-corrected chi connectivity index (χ2v) is 5.60. The number of hydrogen-bond donors (Lipinski definition) is 2. The minimum atomic E-state index is -0.787. The molecule has 2 N–H and O–H groups in total. The van der Waals surface area contributed by atoms with Crippen molar-refractivity contribution in [2.75, 3.05) is 25.0 Å². The quantitative estimate of drug-likeness (QED) is 0.872. The Hall–Kier alpha value is -1.59. The van der Waals surface area contributed by atoms with Gasteiger partial charge < -0.3 is 10.4 Å². The normalized spacial score (nSPS) is 15.7. The molecule has 0 atom stereocenters. The third kappa shape index (κ3) is 3.95.